The molecule has 0 radical (unpaired) electrons. The van der Waals surface area contributed by atoms with Crippen LogP contribution in [-0.4, -0.2) is 46.4 Å². The molecule has 1 unspecified atom stereocenters. The van der Waals surface area contributed by atoms with Crippen LogP contribution in [0, 0.1) is 0 Å². The topological polar surface area (TPSA) is 45.6 Å². The first-order valence-corrected chi connectivity index (χ1v) is 6.48. The number of rotatable bonds is 3. The standard InChI is InChI=1S/C13H19ClN2O2/c1-13(2)9-16(7-12(8-17)18-13)6-11-5-10(14)3-4-15-11/h3-5,12,17H,6-9H2,1-2H3. The molecule has 4 nitrogen and oxygen atoms in total. The Labute approximate surface area is 113 Å². The zero-order valence-electron chi connectivity index (χ0n) is 10.8. The average molecular weight is 271 g/mol. The third kappa shape index (κ3) is 3.65. The second-order valence-electron chi connectivity index (χ2n) is 5.32. The second kappa shape index (κ2) is 5.53. The number of nitrogens with zero attached hydrogens (tertiary/aromatic N) is 2. The monoisotopic (exact) mass is 270 g/mol. The first-order valence-electron chi connectivity index (χ1n) is 6.10. The van der Waals surface area contributed by atoms with Crippen LogP contribution in [0.2, 0.25) is 5.02 Å². The van der Waals surface area contributed by atoms with E-state index < -0.39 is 0 Å². The third-order valence-electron chi connectivity index (χ3n) is 2.92. The number of aliphatic hydroxyl groups excluding tert-OH is 1. The fraction of sp³-hybridized carbons (Fsp3) is 0.615. The lowest BCUT2D eigenvalue weighted by molar-refractivity contribution is -0.150. The van der Waals surface area contributed by atoms with Gasteiger partial charge in [0.1, 0.15) is 0 Å². The molecule has 0 amide bonds. The molecule has 0 bridgehead atoms. The maximum atomic E-state index is 9.26. The van der Waals surface area contributed by atoms with E-state index >= 15 is 0 Å². The minimum atomic E-state index is -0.246. The highest BCUT2D eigenvalue weighted by atomic mass is 35.5. The molecule has 100 valence electrons. The van der Waals surface area contributed by atoms with E-state index in [9.17, 15) is 5.11 Å². The Kier molecular flexibility index (Phi) is 4.22. The lowest BCUT2D eigenvalue weighted by atomic mass is 10.1. The first kappa shape index (κ1) is 13.7. The maximum absolute atomic E-state index is 9.26. The molecule has 0 aliphatic carbocycles. The van der Waals surface area contributed by atoms with Gasteiger partial charge in [-0.3, -0.25) is 9.88 Å². The van der Waals surface area contributed by atoms with Crippen molar-refractivity contribution in [3.63, 3.8) is 0 Å². The summed E-state index contributed by atoms with van der Waals surface area (Å²) in [5, 5.41) is 9.96. The summed E-state index contributed by atoms with van der Waals surface area (Å²) in [6.45, 7) is 6.37. The van der Waals surface area contributed by atoms with Gasteiger partial charge in [0.05, 0.1) is 24.0 Å². The largest absolute Gasteiger partial charge is 0.394 e. The van der Waals surface area contributed by atoms with Crippen molar-refractivity contribution >= 4 is 11.6 Å². The molecule has 1 saturated heterocycles. The molecule has 18 heavy (non-hydrogen) atoms. The van der Waals surface area contributed by atoms with Crippen molar-refractivity contribution in [2.45, 2.75) is 32.1 Å². The van der Waals surface area contributed by atoms with Gasteiger partial charge in [0.15, 0.2) is 0 Å². The summed E-state index contributed by atoms with van der Waals surface area (Å²) < 4.78 is 5.78. The molecule has 2 heterocycles. The normalized spacial score (nSPS) is 24.1. The van der Waals surface area contributed by atoms with Crippen molar-refractivity contribution < 1.29 is 9.84 Å². The highest BCUT2D eigenvalue weighted by molar-refractivity contribution is 6.30. The van der Waals surface area contributed by atoms with Gasteiger partial charge in [-0.25, -0.2) is 0 Å². The zero-order chi connectivity index (χ0) is 13.2. The second-order valence-corrected chi connectivity index (χ2v) is 5.75. The molecule has 1 aromatic heterocycles. The van der Waals surface area contributed by atoms with E-state index in [1.165, 1.54) is 0 Å². The van der Waals surface area contributed by atoms with Crippen LogP contribution in [0.25, 0.3) is 0 Å². The summed E-state index contributed by atoms with van der Waals surface area (Å²) in [5.74, 6) is 0. The van der Waals surface area contributed by atoms with Crippen LogP contribution in [0.5, 0.6) is 0 Å². The van der Waals surface area contributed by atoms with Crippen LogP contribution in [0.15, 0.2) is 18.3 Å². The Bertz CT molecular complexity index is 412. The molecule has 1 aliphatic heterocycles. The van der Waals surface area contributed by atoms with Crippen molar-refractivity contribution in [1.82, 2.24) is 9.88 Å². The van der Waals surface area contributed by atoms with E-state index in [1.54, 1.807) is 12.3 Å². The predicted octanol–water partition coefficient (Wildman–Crippen LogP) is 1.71. The van der Waals surface area contributed by atoms with Crippen LogP contribution in [0.4, 0.5) is 0 Å². The Balaban J connectivity index is 2.04. The Hall–Kier alpha value is -0.680. The highest BCUT2D eigenvalue weighted by Crippen LogP contribution is 2.22. The van der Waals surface area contributed by atoms with Crippen molar-refractivity contribution in [2.24, 2.45) is 0 Å². The van der Waals surface area contributed by atoms with E-state index in [1.807, 2.05) is 19.9 Å². The molecular formula is C13H19ClN2O2. The van der Waals surface area contributed by atoms with Crippen LogP contribution in [0.3, 0.4) is 0 Å². The SMILES string of the molecule is CC1(C)CN(Cc2cc(Cl)ccn2)CC(CO)O1. The summed E-state index contributed by atoms with van der Waals surface area (Å²) in [7, 11) is 0. The average Bonchev–Trinajstić information content (AvgIpc) is 2.26. The Morgan fingerprint density at radius 3 is 3.06 bits per heavy atom. The number of hydrogen-bond donors (Lipinski definition) is 1. The van der Waals surface area contributed by atoms with Crippen molar-refractivity contribution in [2.75, 3.05) is 19.7 Å². The molecule has 1 atom stereocenters. The number of hydrogen-bond acceptors (Lipinski definition) is 4. The lowest BCUT2D eigenvalue weighted by Gasteiger charge is -2.42. The van der Waals surface area contributed by atoms with E-state index in [2.05, 4.69) is 9.88 Å². The fourth-order valence-corrected chi connectivity index (χ4v) is 2.58. The van der Waals surface area contributed by atoms with Crippen LogP contribution in [-0.2, 0) is 11.3 Å². The van der Waals surface area contributed by atoms with E-state index in [0.29, 0.717) is 11.6 Å². The number of aromatic nitrogens is 1. The smallest absolute Gasteiger partial charge is 0.0940 e. The number of ether oxygens (including phenoxy) is 1. The van der Waals surface area contributed by atoms with Gasteiger partial charge in [-0.15, -0.1) is 0 Å². The molecule has 1 N–H and O–H groups in total. The molecule has 0 spiro atoms. The van der Waals surface area contributed by atoms with Crippen molar-refractivity contribution in [1.29, 1.82) is 0 Å². The fourth-order valence-electron chi connectivity index (χ4n) is 2.40. The quantitative estimate of drug-likeness (QED) is 0.908. The summed E-state index contributed by atoms with van der Waals surface area (Å²) in [4.78, 5) is 6.54. The number of halogens is 1. The van der Waals surface area contributed by atoms with Gasteiger partial charge in [0.2, 0.25) is 0 Å². The molecule has 1 aromatic rings. The Morgan fingerprint density at radius 2 is 2.39 bits per heavy atom. The van der Waals surface area contributed by atoms with Crippen LogP contribution in [0.1, 0.15) is 19.5 Å². The highest BCUT2D eigenvalue weighted by Gasteiger charge is 2.33. The molecule has 1 fully saturated rings. The predicted molar refractivity (Wildman–Crippen MR) is 70.6 cm³/mol. The van der Waals surface area contributed by atoms with E-state index in [0.717, 1.165) is 18.8 Å². The molecule has 2 rings (SSSR count). The van der Waals surface area contributed by atoms with Gasteiger partial charge in [-0.2, -0.15) is 0 Å². The maximum Gasteiger partial charge on any atom is 0.0940 e. The number of aliphatic hydroxyl groups is 1. The zero-order valence-corrected chi connectivity index (χ0v) is 11.5. The first-order chi connectivity index (χ1) is 8.48. The molecule has 5 heteroatoms. The molecule has 0 saturated carbocycles. The number of morpholine rings is 1. The summed E-state index contributed by atoms with van der Waals surface area (Å²) in [6, 6.07) is 3.64. The molecule has 1 aliphatic rings. The van der Waals surface area contributed by atoms with Crippen LogP contribution < -0.4 is 0 Å². The van der Waals surface area contributed by atoms with Crippen molar-refractivity contribution in [3.8, 4) is 0 Å². The summed E-state index contributed by atoms with van der Waals surface area (Å²) in [5.41, 5.74) is 0.696. The van der Waals surface area contributed by atoms with E-state index in [-0.39, 0.29) is 18.3 Å². The number of pyridine rings is 1. The van der Waals surface area contributed by atoms with Gasteiger partial charge >= 0.3 is 0 Å². The van der Waals surface area contributed by atoms with Gasteiger partial charge in [-0.1, -0.05) is 11.6 Å². The van der Waals surface area contributed by atoms with Crippen LogP contribution >= 0.6 is 11.6 Å². The Morgan fingerprint density at radius 1 is 1.61 bits per heavy atom. The van der Waals surface area contributed by atoms with E-state index in [4.69, 9.17) is 16.3 Å². The summed E-state index contributed by atoms with van der Waals surface area (Å²) >= 11 is 5.95. The minimum Gasteiger partial charge on any atom is -0.394 e. The molecule has 0 aromatic carbocycles. The van der Waals surface area contributed by atoms with Gasteiger partial charge in [0, 0.05) is 30.9 Å². The van der Waals surface area contributed by atoms with Gasteiger partial charge in [0.25, 0.3) is 0 Å². The van der Waals surface area contributed by atoms with Crippen molar-refractivity contribution in [3.05, 3.63) is 29.0 Å². The summed E-state index contributed by atoms with van der Waals surface area (Å²) in [6.07, 6.45) is 1.58. The van der Waals surface area contributed by atoms with Gasteiger partial charge < -0.3 is 9.84 Å². The lowest BCUT2D eigenvalue weighted by Crippen LogP contribution is -2.53. The third-order valence-corrected chi connectivity index (χ3v) is 3.15. The molecular weight excluding hydrogens is 252 g/mol. The van der Waals surface area contributed by atoms with Gasteiger partial charge in [-0.05, 0) is 26.0 Å². The minimum absolute atomic E-state index is 0.0445.